The van der Waals surface area contributed by atoms with E-state index in [1.807, 2.05) is 30.3 Å². The number of methoxy groups -OCH3 is 1. The molecule has 25 heavy (non-hydrogen) atoms. The van der Waals surface area contributed by atoms with Crippen molar-refractivity contribution in [2.75, 3.05) is 26.8 Å². The summed E-state index contributed by atoms with van der Waals surface area (Å²) < 4.78 is 11.5. The first-order chi connectivity index (χ1) is 12.1. The smallest absolute Gasteiger partial charge is 0.252 e. The van der Waals surface area contributed by atoms with Gasteiger partial charge in [-0.15, -0.1) is 0 Å². The number of benzene rings is 2. The minimum atomic E-state index is -0.271. The molecule has 0 saturated carbocycles. The molecular weight excluding hydrogens is 435 g/mol. The van der Waals surface area contributed by atoms with Crippen LogP contribution in [-0.4, -0.2) is 38.6 Å². The lowest BCUT2D eigenvalue weighted by Gasteiger charge is -2.10. The first-order valence-electron chi connectivity index (χ1n) is 7.66. The second-order valence-corrected chi connectivity index (χ2v) is 6.20. The van der Waals surface area contributed by atoms with Gasteiger partial charge in [-0.3, -0.25) is 9.59 Å². The lowest BCUT2D eigenvalue weighted by Crippen LogP contribution is -2.38. The van der Waals surface area contributed by atoms with Gasteiger partial charge >= 0.3 is 0 Å². The summed E-state index contributed by atoms with van der Waals surface area (Å²) >= 11 is 2.08. The molecule has 0 spiro atoms. The molecule has 0 fully saturated rings. The van der Waals surface area contributed by atoms with Gasteiger partial charge in [0.1, 0.15) is 18.1 Å². The van der Waals surface area contributed by atoms with Crippen molar-refractivity contribution in [2.24, 2.45) is 0 Å². The lowest BCUT2D eigenvalue weighted by atomic mass is 10.2. The maximum Gasteiger partial charge on any atom is 0.252 e. The molecule has 2 aromatic carbocycles. The Balaban J connectivity index is 1.67. The van der Waals surface area contributed by atoms with Crippen molar-refractivity contribution in [3.8, 4) is 11.5 Å². The highest BCUT2D eigenvalue weighted by Gasteiger charge is 2.10. The van der Waals surface area contributed by atoms with Crippen LogP contribution in [0, 0.1) is 3.57 Å². The van der Waals surface area contributed by atoms with E-state index >= 15 is 0 Å². The maximum atomic E-state index is 12.0. The molecule has 0 atom stereocenters. The molecule has 2 rings (SSSR count). The van der Waals surface area contributed by atoms with Crippen LogP contribution in [0.2, 0.25) is 0 Å². The van der Waals surface area contributed by atoms with E-state index in [1.165, 1.54) is 0 Å². The Morgan fingerprint density at radius 1 is 1.04 bits per heavy atom. The summed E-state index contributed by atoms with van der Waals surface area (Å²) in [6.07, 6.45) is 0. The van der Waals surface area contributed by atoms with Gasteiger partial charge in [-0.05, 0) is 46.9 Å². The number of carbonyl (C=O) groups excluding carboxylic acids is 2. The van der Waals surface area contributed by atoms with Crippen molar-refractivity contribution < 1.29 is 19.1 Å². The third kappa shape index (κ3) is 6.26. The summed E-state index contributed by atoms with van der Waals surface area (Å²) in [5.41, 5.74) is 0.553. The van der Waals surface area contributed by atoms with Crippen molar-refractivity contribution in [3.05, 3.63) is 57.7 Å². The van der Waals surface area contributed by atoms with Crippen LogP contribution >= 0.6 is 22.6 Å². The molecule has 0 radical (unpaired) electrons. The van der Waals surface area contributed by atoms with Crippen molar-refractivity contribution in [1.82, 2.24) is 10.6 Å². The number of ether oxygens (including phenoxy) is 2. The number of hydrogen-bond donors (Lipinski definition) is 2. The largest absolute Gasteiger partial charge is 0.497 e. The average Bonchev–Trinajstić information content (AvgIpc) is 2.64. The lowest BCUT2D eigenvalue weighted by molar-refractivity contribution is -0.120. The zero-order chi connectivity index (χ0) is 18.1. The van der Waals surface area contributed by atoms with Crippen molar-refractivity contribution in [1.29, 1.82) is 0 Å². The monoisotopic (exact) mass is 454 g/mol. The van der Waals surface area contributed by atoms with E-state index in [0.717, 1.165) is 3.57 Å². The van der Waals surface area contributed by atoms with Gasteiger partial charge in [0.2, 0.25) is 5.91 Å². The summed E-state index contributed by atoms with van der Waals surface area (Å²) in [4.78, 5) is 23.8. The van der Waals surface area contributed by atoms with Gasteiger partial charge in [0, 0.05) is 9.64 Å². The number of hydrogen-bond acceptors (Lipinski definition) is 4. The third-order valence-electron chi connectivity index (χ3n) is 3.26. The van der Waals surface area contributed by atoms with E-state index in [9.17, 15) is 9.59 Å². The SMILES string of the molecule is COc1cccc(OCCNC(=O)CNC(=O)c2ccccc2I)c1. The van der Waals surface area contributed by atoms with E-state index in [4.69, 9.17) is 9.47 Å². The molecule has 6 nitrogen and oxygen atoms in total. The van der Waals surface area contributed by atoms with E-state index in [-0.39, 0.29) is 18.4 Å². The average molecular weight is 454 g/mol. The Labute approximate surface area is 160 Å². The van der Waals surface area contributed by atoms with Crippen LogP contribution in [0.25, 0.3) is 0 Å². The second kappa shape index (κ2) is 9.87. The number of rotatable bonds is 8. The normalized spacial score (nSPS) is 10.0. The highest BCUT2D eigenvalue weighted by atomic mass is 127. The summed E-state index contributed by atoms with van der Waals surface area (Å²) in [7, 11) is 1.59. The Kier molecular flexibility index (Phi) is 7.52. The fraction of sp³-hybridized carbons (Fsp3) is 0.222. The Bertz CT molecular complexity index is 737. The molecule has 0 aromatic heterocycles. The molecule has 0 heterocycles. The van der Waals surface area contributed by atoms with Crippen LogP contribution in [0.15, 0.2) is 48.5 Å². The highest BCUT2D eigenvalue weighted by molar-refractivity contribution is 14.1. The fourth-order valence-electron chi connectivity index (χ4n) is 2.01. The summed E-state index contributed by atoms with van der Waals surface area (Å²) in [5, 5.41) is 5.29. The molecule has 132 valence electrons. The number of nitrogens with one attached hydrogen (secondary N) is 2. The van der Waals surface area contributed by atoms with Gasteiger partial charge in [0.25, 0.3) is 5.91 Å². The summed E-state index contributed by atoms with van der Waals surface area (Å²) in [5.74, 6) is 0.835. The molecule has 7 heteroatoms. The molecule has 0 aliphatic carbocycles. The summed E-state index contributed by atoms with van der Waals surface area (Å²) in [6.45, 7) is 0.585. The molecular formula is C18H19IN2O4. The predicted molar refractivity (Wildman–Crippen MR) is 103 cm³/mol. The van der Waals surface area contributed by atoms with Crippen LogP contribution in [0.3, 0.4) is 0 Å². The van der Waals surface area contributed by atoms with Crippen molar-refractivity contribution in [3.63, 3.8) is 0 Å². The van der Waals surface area contributed by atoms with E-state index < -0.39 is 0 Å². The molecule has 0 bridgehead atoms. The molecule has 0 saturated heterocycles. The Morgan fingerprint density at radius 3 is 2.56 bits per heavy atom. The van der Waals surface area contributed by atoms with Gasteiger partial charge in [-0.1, -0.05) is 18.2 Å². The standard InChI is InChI=1S/C18H19IN2O4/c1-24-13-5-4-6-14(11-13)25-10-9-20-17(22)12-21-18(23)15-7-2-3-8-16(15)19/h2-8,11H,9-10,12H2,1H3,(H,20,22)(H,21,23). The molecule has 0 unspecified atom stereocenters. The third-order valence-corrected chi connectivity index (χ3v) is 4.20. The zero-order valence-electron chi connectivity index (χ0n) is 13.8. The van der Waals surface area contributed by atoms with Gasteiger partial charge in [-0.2, -0.15) is 0 Å². The van der Waals surface area contributed by atoms with E-state index in [2.05, 4.69) is 33.2 Å². The van der Waals surface area contributed by atoms with E-state index in [0.29, 0.717) is 30.2 Å². The minimum absolute atomic E-state index is 0.0804. The number of amides is 2. The van der Waals surface area contributed by atoms with E-state index in [1.54, 1.807) is 25.3 Å². The number of carbonyl (C=O) groups is 2. The van der Waals surface area contributed by atoms with Crippen molar-refractivity contribution >= 4 is 34.4 Å². The van der Waals surface area contributed by atoms with Crippen LogP contribution in [-0.2, 0) is 4.79 Å². The van der Waals surface area contributed by atoms with Gasteiger partial charge in [0.15, 0.2) is 0 Å². The highest BCUT2D eigenvalue weighted by Crippen LogP contribution is 2.18. The predicted octanol–water partition coefficient (Wildman–Crippen LogP) is 2.22. The number of halogens is 1. The first-order valence-corrected chi connectivity index (χ1v) is 8.74. The van der Waals surface area contributed by atoms with Crippen LogP contribution in [0.5, 0.6) is 11.5 Å². The van der Waals surface area contributed by atoms with Gasteiger partial charge < -0.3 is 20.1 Å². The van der Waals surface area contributed by atoms with Crippen LogP contribution < -0.4 is 20.1 Å². The minimum Gasteiger partial charge on any atom is -0.497 e. The summed E-state index contributed by atoms with van der Waals surface area (Å²) in [6, 6.07) is 14.4. The molecule has 0 aliphatic rings. The Morgan fingerprint density at radius 2 is 1.80 bits per heavy atom. The molecule has 0 aliphatic heterocycles. The fourth-order valence-corrected chi connectivity index (χ4v) is 2.65. The molecule has 2 N–H and O–H groups in total. The van der Waals surface area contributed by atoms with Gasteiger partial charge in [-0.25, -0.2) is 0 Å². The van der Waals surface area contributed by atoms with Crippen LogP contribution in [0.1, 0.15) is 10.4 Å². The second-order valence-electron chi connectivity index (χ2n) is 5.04. The maximum absolute atomic E-state index is 12.0. The Hall–Kier alpha value is -2.29. The van der Waals surface area contributed by atoms with Crippen molar-refractivity contribution in [2.45, 2.75) is 0 Å². The quantitative estimate of drug-likeness (QED) is 0.474. The zero-order valence-corrected chi connectivity index (χ0v) is 15.9. The topological polar surface area (TPSA) is 76.7 Å². The van der Waals surface area contributed by atoms with Crippen LogP contribution in [0.4, 0.5) is 0 Å². The first kappa shape index (κ1) is 19.0. The molecule has 2 aromatic rings. The van der Waals surface area contributed by atoms with Gasteiger partial charge in [0.05, 0.1) is 25.8 Å². The molecule has 2 amide bonds.